The summed E-state index contributed by atoms with van der Waals surface area (Å²) in [6, 6.07) is 5.66. The largest absolute Gasteiger partial charge is 0.342 e. The van der Waals surface area contributed by atoms with Crippen molar-refractivity contribution in [2.45, 2.75) is 24.4 Å². The highest BCUT2D eigenvalue weighted by molar-refractivity contribution is 7.99. The molecule has 0 aliphatic carbocycles. The van der Waals surface area contributed by atoms with Gasteiger partial charge in [0.2, 0.25) is 11.1 Å². The summed E-state index contributed by atoms with van der Waals surface area (Å²) < 4.78 is 1.53. The number of H-pyrrole nitrogens is 1. The van der Waals surface area contributed by atoms with Crippen LogP contribution in [-0.4, -0.2) is 49.5 Å². The number of hydrogen-bond donors (Lipinski definition) is 1. The van der Waals surface area contributed by atoms with Crippen LogP contribution in [0.15, 0.2) is 33.5 Å². The van der Waals surface area contributed by atoms with E-state index in [0.717, 1.165) is 36.5 Å². The average Bonchev–Trinajstić information content (AvgIpc) is 3.31. The third kappa shape index (κ3) is 3.34. The van der Waals surface area contributed by atoms with Gasteiger partial charge in [0, 0.05) is 13.1 Å². The van der Waals surface area contributed by atoms with Crippen molar-refractivity contribution in [1.82, 2.24) is 24.7 Å². The van der Waals surface area contributed by atoms with E-state index >= 15 is 0 Å². The summed E-state index contributed by atoms with van der Waals surface area (Å²) in [5.41, 5.74) is 0.881. The quantitative estimate of drug-likeness (QED) is 0.707. The lowest BCUT2D eigenvalue weighted by Gasteiger charge is -2.26. The number of nitrogens with one attached hydrogen (secondary N) is 1. The van der Waals surface area contributed by atoms with Gasteiger partial charge in [-0.3, -0.25) is 9.59 Å². The highest BCUT2D eigenvalue weighted by Crippen LogP contribution is 2.25. The second-order valence-corrected chi connectivity index (χ2v) is 7.76. The van der Waals surface area contributed by atoms with Crippen LogP contribution in [0.4, 0.5) is 0 Å². The number of fused-ring (bicyclic) bond motifs is 1. The monoisotopic (exact) mass is 375 g/mol. The zero-order valence-corrected chi connectivity index (χ0v) is 15.1. The molecule has 0 unspecified atom stereocenters. The second kappa shape index (κ2) is 7.01. The van der Waals surface area contributed by atoms with Crippen molar-refractivity contribution in [3.8, 4) is 10.6 Å². The van der Waals surface area contributed by atoms with E-state index in [2.05, 4.69) is 15.3 Å². The number of aromatic nitrogens is 4. The van der Waals surface area contributed by atoms with Crippen molar-refractivity contribution in [3.05, 3.63) is 33.9 Å². The van der Waals surface area contributed by atoms with Crippen LogP contribution < -0.4 is 5.56 Å². The third-order valence-corrected chi connectivity index (χ3v) is 5.99. The van der Waals surface area contributed by atoms with Crippen LogP contribution in [0.5, 0.6) is 0 Å². The number of thiophene rings is 1. The Labute approximate surface area is 152 Å². The maximum absolute atomic E-state index is 12.3. The molecule has 7 nitrogen and oxygen atoms in total. The Kier molecular flexibility index (Phi) is 4.58. The highest BCUT2D eigenvalue weighted by Gasteiger charge is 2.18. The molecule has 0 saturated carbocycles. The maximum atomic E-state index is 12.3. The van der Waals surface area contributed by atoms with Gasteiger partial charge in [-0.15, -0.1) is 16.4 Å². The lowest BCUT2D eigenvalue weighted by atomic mass is 10.1. The number of carbonyl (C=O) groups excluding carboxylic acids is 1. The summed E-state index contributed by atoms with van der Waals surface area (Å²) in [5, 5.41) is 13.6. The molecule has 0 spiro atoms. The molecular formula is C16H17N5O2S2. The molecule has 3 aromatic heterocycles. The number of aromatic amines is 1. The summed E-state index contributed by atoms with van der Waals surface area (Å²) in [6.45, 7) is 1.66. The van der Waals surface area contributed by atoms with E-state index in [1.807, 2.05) is 22.4 Å². The number of rotatable bonds is 4. The fourth-order valence-corrected chi connectivity index (χ4v) is 4.38. The minimum absolute atomic E-state index is 0.108. The minimum Gasteiger partial charge on any atom is -0.342 e. The van der Waals surface area contributed by atoms with Gasteiger partial charge in [-0.2, -0.15) is 5.10 Å². The lowest BCUT2D eigenvalue weighted by molar-refractivity contribution is -0.129. The number of amides is 1. The normalized spacial score (nSPS) is 15.0. The van der Waals surface area contributed by atoms with E-state index in [1.54, 1.807) is 17.4 Å². The molecule has 25 heavy (non-hydrogen) atoms. The van der Waals surface area contributed by atoms with E-state index in [9.17, 15) is 9.59 Å². The Morgan fingerprint density at radius 2 is 2.16 bits per heavy atom. The van der Waals surface area contributed by atoms with Gasteiger partial charge in [-0.05, 0) is 36.8 Å². The Morgan fingerprint density at radius 1 is 1.32 bits per heavy atom. The van der Waals surface area contributed by atoms with E-state index in [1.165, 1.54) is 22.7 Å². The van der Waals surface area contributed by atoms with Gasteiger partial charge < -0.3 is 4.90 Å². The van der Waals surface area contributed by atoms with Crippen molar-refractivity contribution >= 4 is 34.5 Å². The van der Waals surface area contributed by atoms with Gasteiger partial charge in [0.1, 0.15) is 11.2 Å². The van der Waals surface area contributed by atoms with Crippen molar-refractivity contribution in [1.29, 1.82) is 0 Å². The summed E-state index contributed by atoms with van der Waals surface area (Å²) >= 11 is 2.87. The van der Waals surface area contributed by atoms with Crippen molar-refractivity contribution < 1.29 is 4.79 Å². The van der Waals surface area contributed by atoms with Gasteiger partial charge in [0.25, 0.3) is 5.56 Å². The molecule has 3 aromatic rings. The zero-order valence-electron chi connectivity index (χ0n) is 13.5. The fraction of sp³-hybridized carbons (Fsp3) is 0.375. The standard InChI is InChI=1S/C16H17N5O2S2/c22-14(20-6-2-1-3-7-20)10-25-16-18-17-15(23)12-9-11(19-21(12)16)13-5-4-8-24-13/h4-5,8-9H,1-3,6-7,10H2,(H,17,23). The van der Waals surface area contributed by atoms with E-state index in [4.69, 9.17) is 0 Å². The first kappa shape index (κ1) is 16.3. The Morgan fingerprint density at radius 3 is 2.92 bits per heavy atom. The molecule has 130 valence electrons. The maximum Gasteiger partial charge on any atom is 0.290 e. The molecule has 1 aliphatic heterocycles. The van der Waals surface area contributed by atoms with Crippen molar-refractivity contribution in [3.63, 3.8) is 0 Å². The summed E-state index contributed by atoms with van der Waals surface area (Å²) in [4.78, 5) is 27.3. The molecule has 1 aliphatic rings. The van der Waals surface area contributed by atoms with Crippen LogP contribution in [0.3, 0.4) is 0 Å². The van der Waals surface area contributed by atoms with Gasteiger partial charge >= 0.3 is 0 Å². The number of thioether (sulfide) groups is 1. The van der Waals surface area contributed by atoms with Crippen LogP contribution in [0.25, 0.3) is 16.1 Å². The van der Waals surface area contributed by atoms with Crippen molar-refractivity contribution in [2.24, 2.45) is 0 Å². The predicted molar refractivity (Wildman–Crippen MR) is 98.1 cm³/mol. The second-order valence-electron chi connectivity index (χ2n) is 5.87. The van der Waals surface area contributed by atoms with Crippen LogP contribution in [0.2, 0.25) is 0 Å². The van der Waals surface area contributed by atoms with Gasteiger partial charge in [0.05, 0.1) is 10.6 Å². The lowest BCUT2D eigenvalue weighted by Crippen LogP contribution is -2.36. The molecule has 1 amide bonds. The first-order chi connectivity index (χ1) is 12.2. The molecule has 0 bridgehead atoms. The smallest absolute Gasteiger partial charge is 0.290 e. The van der Waals surface area contributed by atoms with Gasteiger partial charge in [-0.1, -0.05) is 17.8 Å². The molecular weight excluding hydrogens is 358 g/mol. The van der Waals surface area contributed by atoms with Crippen LogP contribution >= 0.6 is 23.1 Å². The molecule has 0 radical (unpaired) electrons. The first-order valence-electron chi connectivity index (χ1n) is 8.15. The van der Waals surface area contributed by atoms with Crippen LogP contribution in [0.1, 0.15) is 19.3 Å². The predicted octanol–water partition coefficient (Wildman–Crippen LogP) is 2.25. The van der Waals surface area contributed by atoms with Crippen LogP contribution in [0, 0.1) is 0 Å². The number of hydrogen-bond acceptors (Lipinski definition) is 6. The number of piperidine rings is 1. The van der Waals surface area contributed by atoms with Gasteiger partial charge in [0.15, 0.2) is 0 Å². The third-order valence-electron chi connectivity index (χ3n) is 4.18. The van der Waals surface area contributed by atoms with Crippen molar-refractivity contribution in [2.75, 3.05) is 18.8 Å². The zero-order chi connectivity index (χ0) is 17.2. The van der Waals surface area contributed by atoms with E-state index in [-0.39, 0.29) is 11.5 Å². The summed E-state index contributed by atoms with van der Waals surface area (Å²) in [6.07, 6.45) is 3.33. The molecule has 4 rings (SSSR count). The molecule has 4 heterocycles. The summed E-state index contributed by atoms with van der Waals surface area (Å²) in [7, 11) is 0. The molecule has 1 saturated heterocycles. The molecule has 0 atom stereocenters. The molecule has 0 aromatic carbocycles. The van der Waals surface area contributed by atoms with E-state index < -0.39 is 0 Å². The SMILES string of the molecule is O=C(CSc1n[nH]c(=O)c2cc(-c3cccs3)nn12)N1CCCCC1. The molecule has 1 fully saturated rings. The number of likely N-dealkylation sites (tertiary alicyclic amines) is 1. The van der Waals surface area contributed by atoms with Gasteiger partial charge in [-0.25, -0.2) is 9.61 Å². The highest BCUT2D eigenvalue weighted by atomic mass is 32.2. The Balaban J connectivity index is 1.58. The average molecular weight is 375 g/mol. The molecule has 1 N–H and O–H groups in total. The number of nitrogens with zero attached hydrogens (tertiary/aromatic N) is 4. The fourth-order valence-electron chi connectivity index (χ4n) is 2.89. The van der Waals surface area contributed by atoms with Crippen LogP contribution in [-0.2, 0) is 4.79 Å². The first-order valence-corrected chi connectivity index (χ1v) is 10.0. The topological polar surface area (TPSA) is 83.4 Å². The number of carbonyl (C=O) groups is 1. The molecule has 9 heteroatoms. The Hall–Kier alpha value is -2.13. The Bertz CT molecular complexity index is 941. The summed E-state index contributed by atoms with van der Waals surface area (Å²) in [5.74, 6) is 0.402. The van der Waals surface area contributed by atoms with E-state index in [0.29, 0.717) is 16.4 Å². The minimum atomic E-state index is -0.290.